The number of hydrogen-bond acceptors (Lipinski definition) is 0. The second-order valence-corrected chi connectivity index (χ2v) is 2.99. The molecule has 0 aromatic heterocycles. The van der Waals surface area contributed by atoms with E-state index in [0.717, 1.165) is 11.8 Å². The molecule has 0 spiro atoms. The van der Waals surface area contributed by atoms with Gasteiger partial charge >= 0.3 is 0 Å². The van der Waals surface area contributed by atoms with Gasteiger partial charge in [-0.2, -0.15) is 0 Å². The molecule has 0 N–H and O–H groups in total. The molecule has 0 aromatic carbocycles. The summed E-state index contributed by atoms with van der Waals surface area (Å²) in [4.78, 5) is 0. The van der Waals surface area contributed by atoms with Crippen LogP contribution < -0.4 is 0 Å². The molecule has 50 valence electrons. The fourth-order valence-corrected chi connectivity index (χ4v) is 1.10. The summed E-state index contributed by atoms with van der Waals surface area (Å²) in [6.07, 6.45) is 6.80. The van der Waals surface area contributed by atoms with Crippen LogP contribution in [0.5, 0.6) is 0 Å². The molecule has 0 aromatic rings. The van der Waals surface area contributed by atoms with E-state index in [1.165, 1.54) is 5.57 Å². The van der Waals surface area contributed by atoms with Gasteiger partial charge in [0.1, 0.15) is 0 Å². The van der Waals surface area contributed by atoms with Crippen molar-refractivity contribution in [1.29, 1.82) is 0 Å². The zero-order chi connectivity index (χ0) is 6.85. The first-order valence-corrected chi connectivity index (χ1v) is 3.57. The van der Waals surface area contributed by atoms with E-state index in [1.54, 1.807) is 0 Å². The van der Waals surface area contributed by atoms with Crippen LogP contribution in [0.2, 0.25) is 0 Å². The average Bonchev–Trinajstić information content (AvgIpc) is 1.80. The van der Waals surface area contributed by atoms with E-state index in [-0.39, 0.29) is 0 Å². The molecule has 0 saturated carbocycles. The molecule has 1 unspecified atom stereocenters. The summed E-state index contributed by atoms with van der Waals surface area (Å²) in [6, 6.07) is 0. The van der Waals surface area contributed by atoms with E-state index in [9.17, 15) is 0 Å². The van der Waals surface area contributed by atoms with Gasteiger partial charge in [0, 0.05) is 0 Å². The Labute approximate surface area is 57.3 Å². The normalized spacial score (nSPS) is 34.3. The van der Waals surface area contributed by atoms with Gasteiger partial charge in [-0.25, -0.2) is 0 Å². The molecule has 0 amide bonds. The van der Waals surface area contributed by atoms with Crippen molar-refractivity contribution >= 4 is 0 Å². The average molecular weight is 122 g/mol. The Bertz CT molecular complexity index is 151. The molecule has 0 fully saturated rings. The van der Waals surface area contributed by atoms with Crippen LogP contribution in [0, 0.1) is 11.8 Å². The van der Waals surface area contributed by atoms with Crippen molar-refractivity contribution in [3.63, 3.8) is 0 Å². The fourth-order valence-electron chi connectivity index (χ4n) is 1.10. The lowest BCUT2D eigenvalue weighted by Gasteiger charge is -2.16. The van der Waals surface area contributed by atoms with Gasteiger partial charge in [-0.1, -0.05) is 37.6 Å². The van der Waals surface area contributed by atoms with E-state index in [4.69, 9.17) is 0 Å². The van der Waals surface area contributed by atoms with Crippen LogP contribution in [-0.4, -0.2) is 0 Å². The Morgan fingerprint density at radius 1 is 1.22 bits per heavy atom. The molecule has 9 heavy (non-hydrogen) atoms. The second kappa shape index (κ2) is 2.38. The predicted molar refractivity (Wildman–Crippen MR) is 41.2 cm³/mol. The molecule has 0 aliphatic heterocycles. The lowest BCUT2D eigenvalue weighted by molar-refractivity contribution is 0.548. The zero-order valence-electron chi connectivity index (χ0n) is 6.39. The van der Waals surface area contributed by atoms with E-state index >= 15 is 0 Å². The lowest BCUT2D eigenvalue weighted by Crippen LogP contribution is -2.05. The van der Waals surface area contributed by atoms with Crippen LogP contribution in [0.3, 0.4) is 0 Å². The molecule has 0 bridgehead atoms. The van der Waals surface area contributed by atoms with Crippen LogP contribution in [0.15, 0.2) is 23.8 Å². The Kier molecular flexibility index (Phi) is 1.75. The van der Waals surface area contributed by atoms with E-state index in [1.807, 2.05) is 0 Å². The molecule has 1 rings (SSSR count). The van der Waals surface area contributed by atoms with Gasteiger partial charge < -0.3 is 0 Å². The van der Waals surface area contributed by atoms with Crippen molar-refractivity contribution in [2.75, 3.05) is 0 Å². The first kappa shape index (κ1) is 6.60. The third-order valence-electron chi connectivity index (χ3n) is 2.02. The Balaban J connectivity index is 2.70. The van der Waals surface area contributed by atoms with Crippen LogP contribution >= 0.6 is 0 Å². The molecule has 2 atom stereocenters. The highest BCUT2D eigenvalue weighted by molar-refractivity contribution is 5.22. The third kappa shape index (κ3) is 1.44. The van der Waals surface area contributed by atoms with Gasteiger partial charge in [-0.3, -0.25) is 0 Å². The fraction of sp³-hybridized carbons (Fsp3) is 0.556. The van der Waals surface area contributed by atoms with Gasteiger partial charge in [-0.05, 0) is 18.8 Å². The second-order valence-electron chi connectivity index (χ2n) is 2.99. The van der Waals surface area contributed by atoms with Crippen LogP contribution in [-0.2, 0) is 0 Å². The van der Waals surface area contributed by atoms with Crippen LogP contribution in [0.4, 0.5) is 0 Å². The van der Waals surface area contributed by atoms with Gasteiger partial charge in [0.2, 0.25) is 0 Å². The monoisotopic (exact) mass is 122 g/mol. The highest BCUT2D eigenvalue weighted by Crippen LogP contribution is 2.20. The van der Waals surface area contributed by atoms with Gasteiger partial charge in [0.15, 0.2) is 0 Å². The lowest BCUT2D eigenvalue weighted by atomic mass is 9.89. The minimum Gasteiger partial charge on any atom is -0.0809 e. The zero-order valence-corrected chi connectivity index (χ0v) is 6.39. The summed E-state index contributed by atoms with van der Waals surface area (Å²) in [6.45, 7) is 6.67. The quantitative estimate of drug-likeness (QED) is 0.463. The predicted octanol–water partition coefficient (Wildman–Crippen LogP) is 2.77. The number of rotatable bonds is 0. The Morgan fingerprint density at radius 2 is 1.89 bits per heavy atom. The van der Waals surface area contributed by atoms with E-state index in [0.29, 0.717) is 0 Å². The summed E-state index contributed by atoms with van der Waals surface area (Å²) in [5, 5.41) is 0. The van der Waals surface area contributed by atoms with Crippen molar-refractivity contribution < 1.29 is 0 Å². The summed E-state index contributed by atoms with van der Waals surface area (Å²) in [7, 11) is 0. The molecule has 0 nitrogen and oxygen atoms in total. The maximum atomic E-state index is 2.32. The first-order chi connectivity index (χ1) is 4.20. The van der Waals surface area contributed by atoms with Crippen molar-refractivity contribution in [2.24, 2.45) is 11.8 Å². The summed E-state index contributed by atoms with van der Waals surface area (Å²) in [5.41, 5.74) is 1.40. The maximum Gasteiger partial charge on any atom is -0.0196 e. The maximum absolute atomic E-state index is 2.32. The smallest absolute Gasteiger partial charge is 0.0196 e. The minimum absolute atomic E-state index is 0.730. The van der Waals surface area contributed by atoms with E-state index in [2.05, 4.69) is 39.0 Å². The SMILES string of the molecule is CC1=C[C@H](C)C(C)C=C1. The third-order valence-corrected chi connectivity index (χ3v) is 2.02. The highest BCUT2D eigenvalue weighted by atomic mass is 14.1. The molecule has 0 heterocycles. The molecule has 0 saturated heterocycles. The summed E-state index contributed by atoms with van der Waals surface area (Å²) < 4.78 is 0. The van der Waals surface area contributed by atoms with Crippen molar-refractivity contribution in [2.45, 2.75) is 20.8 Å². The van der Waals surface area contributed by atoms with Crippen molar-refractivity contribution in [3.8, 4) is 0 Å². The Morgan fingerprint density at radius 3 is 2.33 bits per heavy atom. The molecule has 0 radical (unpaired) electrons. The largest absolute Gasteiger partial charge is 0.0809 e. The number of hydrogen-bond donors (Lipinski definition) is 0. The molecule has 1 aliphatic rings. The van der Waals surface area contributed by atoms with E-state index < -0.39 is 0 Å². The highest BCUT2D eigenvalue weighted by Gasteiger charge is 2.08. The molecule has 0 heteroatoms. The summed E-state index contributed by atoms with van der Waals surface area (Å²) in [5.74, 6) is 1.46. The topological polar surface area (TPSA) is 0 Å². The first-order valence-electron chi connectivity index (χ1n) is 3.57. The molecular formula is C9H14. The van der Waals surface area contributed by atoms with Crippen LogP contribution in [0.1, 0.15) is 20.8 Å². The summed E-state index contributed by atoms with van der Waals surface area (Å²) >= 11 is 0. The minimum atomic E-state index is 0.730. The van der Waals surface area contributed by atoms with Crippen LogP contribution in [0.25, 0.3) is 0 Å². The standard InChI is InChI=1S/C9H14/c1-7-4-5-8(2)9(3)6-7/h4-6,8-9H,1-3H3/t8?,9-/m0/s1. The van der Waals surface area contributed by atoms with Gasteiger partial charge in [0.25, 0.3) is 0 Å². The van der Waals surface area contributed by atoms with Gasteiger partial charge in [0.05, 0.1) is 0 Å². The van der Waals surface area contributed by atoms with Gasteiger partial charge in [-0.15, -0.1) is 0 Å². The van der Waals surface area contributed by atoms with Crippen molar-refractivity contribution in [3.05, 3.63) is 23.8 Å². The number of allylic oxidation sites excluding steroid dienone is 4. The Hall–Kier alpha value is -0.520. The molecular weight excluding hydrogens is 108 g/mol. The molecule has 1 aliphatic carbocycles. The van der Waals surface area contributed by atoms with Crippen molar-refractivity contribution in [1.82, 2.24) is 0 Å².